The van der Waals surface area contributed by atoms with Crippen molar-refractivity contribution in [2.24, 2.45) is 0 Å². The molecule has 0 spiro atoms. The molecule has 0 saturated carbocycles. The summed E-state index contributed by atoms with van der Waals surface area (Å²) < 4.78 is 9.41. The lowest BCUT2D eigenvalue weighted by molar-refractivity contribution is -0.128. The first-order valence-electron chi connectivity index (χ1n) is 7.58. The molecule has 2 aromatic rings. The number of nitrogens with zero attached hydrogens (tertiary/aromatic N) is 2. The van der Waals surface area contributed by atoms with Crippen molar-refractivity contribution in [3.8, 4) is 5.75 Å². The number of rotatable bonds is 5. The first kappa shape index (κ1) is 17.9. The van der Waals surface area contributed by atoms with Gasteiger partial charge in [-0.1, -0.05) is 23.5 Å². The van der Waals surface area contributed by atoms with Crippen molar-refractivity contribution in [1.29, 1.82) is 0 Å². The third-order valence-electron chi connectivity index (χ3n) is 3.62. The summed E-state index contributed by atoms with van der Waals surface area (Å²) in [6.07, 6.45) is -0.157. The van der Waals surface area contributed by atoms with Gasteiger partial charge in [-0.2, -0.15) is 0 Å². The predicted octanol–water partition coefficient (Wildman–Crippen LogP) is 1.95. The zero-order valence-corrected chi connectivity index (χ0v) is 14.9. The second-order valence-corrected chi connectivity index (χ2v) is 6.06. The van der Waals surface area contributed by atoms with Crippen LogP contribution in [0.15, 0.2) is 18.2 Å². The van der Waals surface area contributed by atoms with Crippen LogP contribution in [0, 0.1) is 13.8 Å². The first-order chi connectivity index (χ1) is 11.4. The van der Waals surface area contributed by atoms with Gasteiger partial charge in [-0.05, 0) is 55.9 Å². The Morgan fingerprint density at radius 2 is 2.04 bits per heavy atom. The molecule has 1 aromatic heterocycles. The van der Waals surface area contributed by atoms with Gasteiger partial charge in [0.25, 0.3) is 11.8 Å². The highest BCUT2D eigenvalue weighted by Crippen LogP contribution is 2.21. The van der Waals surface area contributed by atoms with Gasteiger partial charge in [0.2, 0.25) is 0 Å². The summed E-state index contributed by atoms with van der Waals surface area (Å²) in [6, 6.07) is 5.65. The van der Waals surface area contributed by atoms with Gasteiger partial charge < -0.3 is 4.74 Å². The summed E-state index contributed by atoms with van der Waals surface area (Å²) in [5.74, 6) is -0.238. The average Bonchev–Trinajstić information content (AvgIpc) is 3.05. The van der Waals surface area contributed by atoms with Gasteiger partial charge in [0, 0.05) is 0 Å². The lowest BCUT2D eigenvalue weighted by Gasteiger charge is -2.17. The molecule has 128 valence electrons. The SMILES string of the molecule is CCc1nnsc1C(=O)NNC(=O)C(C)Oc1cccc(C)c1C. The molecule has 0 radical (unpaired) electrons. The Hall–Kier alpha value is -2.48. The van der Waals surface area contributed by atoms with Gasteiger partial charge >= 0.3 is 0 Å². The van der Waals surface area contributed by atoms with Crippen LogP contribution in [0.2, 0.25) is 0 Å². The van der Waals surface area contributed by atoms with E-state index in [9.17, 15) is 9.59 Å². The van der Waals surface area contributed by atoms with Crippen molar-refractivity contribution < 1.29 is 14.3 Å². The number of nitrogens with one attached hydrogen (secondary N) is 2. The fraction of sp³-hybridized carbons (Fsp3) is 0.375. The lowest BCUT2D eigenvalue weighted by atomic mass is 10.1. The van der Waals surface area contributed by atoms with E-state index in [-0.39, 0.29) is 0 Å². The normalized spacial score (nSPS) is 11.7. The maximum Gasteiger partial charge on any atom is 0.283 e. The predicted molar refractivity (Wildman–Crippen MR) is 90.9 cm³/mol. The zero-order chi connectivity index (χ0) is 17.7. The second-order valence-electron chi connectivity index (χ2n) is 5.30. The number of hydrazine groups is 1. The van der Waals surface area contributed by atoms with Crippen molar-refractivity contribution in [1.82, 2.24) is 20.4 Å². The summed E-state index contributed by atoms with van der Waals surface area (Å²) in [6.45, 7) is 7.41. The van der Waals surface area contributed by atoms with Crippen molar-refractivity contribution in [3.05, 3.63) is 39.9 Å². The third kappa shape index (κ3) is 4.08. The highest BCUT2D eigenvalue weighted by atomic mass is 32.1. The molecule has 0 aliphatic carbocycles. The molecule has 0 fully saturated rings. The summed E-state index contributed by atoms with van der Waals surface area (Å²) in [4.78, 5) is 24.5. The minimum Gasteiger partial charge on any atom is -0.481 e. The van der Waals surface area contributed by atoms with Crippen LogP contribution in [-0.4, -0.2) is 27.5 Å². The van der Waals surface area contributed by atoms with E-state index in [0.29, 0.717) is 22.7 Å². The van der Waals surface area contributed by atoms with E-state index in [1.54, 1.807) is 13.0 Å². The maximum atomic E-state index is 12.1. The molecule has 0 aliphatic rings. The van der Waals surface area contributed by atoms with Gasteiger partial charge in [-0.25, -0.2) is 0 Å². The standard InChI is InChI=1S/C16H20N4O3S/c1-5-12-14(24-20-17-12)16(22)19-18-15(21)11(4)23-13-8-6-7-9(2)10(13)3/h6-8,11H,5H2,1-4H3,(H,18,21)(H,19,22). The fourth-order valence-electron chi connectivity index (χ4n) is 1.98. The summed E-state index contributed by atoms with van der Waals surface area (Å²) in [7, 11) is 0. The smallest absolute Gasteiger partial charge is 0.283 e. The number of amides is 2. The molecule has 1 heterocycles. The zero-order valence-electron chi connectivity index (χ0n) is 14.0. The van der Waals surface area contributed by atoms with Crippen LogP contribution in [0.25, 0.3) is 0 Å². The monoisotopic (exact) mass is 348 g/mol. The molecule has 0 bridgehead atoms. The third-order valence-corrected chi connectivity index (χ3v) is 4.39. The van der Waals surface area contributed by atoms with Gasteiger partial charge in [0.05, 0.1) is 5.69 Å². The first-order valence-corrected chi connectivity index (χ1v) is 8.35. The Labute approximate surface area is 144 Å². The molecule has 1 unspecified atom stereocenters. The van der Waals surface area contributed by atoms with E-state index in [2.05, 4.69) is 20.4 Å². The van der Waals surface area contributed by atoms with Crippen molar-refractivity contribution >= 4 is 23.3 Å². The molecule has 24 heavy (non-hydrogen) atoms. The number of hydrogen-bond acceptors (Lipinski definition) is 6. The lowest BCUT2D eigenvalue weighted by Crippen LogP contribution is -2.47. The van der Waals surface area contributed by atoms with Crippen LogP contribution in [0.1, 0.15) is 40.3 Å². The highest BCUT2D eigenvalue weighted by molar-refractivity contribution is 7.08. The van der Waals surface area contributed by atoms with Crippen LogP contribution >= 0.6 is 11.5 Å². The minimum atomic E-state index is -0.754. The molecule has 7 nitrogen and oxygen atoms in total. The topological polar surface area (TPSA) is 93.2 Å². The molecule has 8 heteroatoms. The van der Waals surface area contributed by atoms with E-state index in [1.807, 2.05) is 32.9 Å². The van der Waals surface area contributed by atoms with Crippen LogP contribution in [0.5, 0.6) is 5.75 Å². The number of aryl methyl sites for hydroxylation is 2. The summed E-state index contributed by atoms with van der Waals surface area (Å²) >= 11 is 0.993. The fourth-order valence-corrected chi connectivity index (χ4v) is 2.63. The average molecular weight is 348 g/mol. The van der Waals surface area contributed by atoms with E-state index in [0.717, 1.165) is 22.7 Å². The van der Waals surface area contributed by atoms with Gasteiger partial charge in [-0.15, -0.1) is 5.10 Å². The van der Waals surface area contributed by atoms with E-state index < -0.39 is 17.9 Å². The molecular formula is C16H20N4O3S. The highest BCUT2D eigenvalue weighted by Gasteiger charge is 2.19. The molecule has 0 aliphatic heterocycles. The molecule has 0 saturated heterocycles. The molecule has 2 amide bonds. The number of hydrogen-bond donors (Lipinski definition) is 2. The number of benzene rings is 1. The van der Waals surface area contributed by atoms with Gasteiger partial charge in [0.1, 0.15) is 10.6 Å². The Morgan fingerprint density at radius 1 is 1.29 bits per heavy atom. The number of carbonyl (C=O) groups excluding carboxylic acids is 2. The molecular weight excluding hydrogens is 328 g/mol. The Bertz CT molecular complexity index is 745. The number of carbonyl (C=O) groups is 2. The van der Waals surface area contributed by atoms with Crippen LogP contribution in [0.3, 0.4) is 0 Å². The largest absolute Gasteiger partial charge is 0.481 e. The van der Waals surface area contributed by atoms with Crippen LogP contribution < -0.4 is 15.6 Å². The van der Waals surface area contributed by atoms with E-state index >= 15 is 0 Å². The van der Waals surface area contributed by atoms with E-state index in [4.69, 9.17) is 4.74 Å². The van der Waals surface area contributed by atoms with Crippen molar-refractivity contribution in [2.45, 2.75) is 40.2 Å². The number of aromatic nitrogens is 2. The Kier molecular flexibility index (Phi) is 5.86. The second kappa shape index (κ2) is 7.87. The summed E-state index contributed by atoms with van der Waals surface area (Å²) in [5.41, 5.74) is 7.39. The van der Waals surface area contributed by atoms with Crippen LogP contribution in [0.4, 0.5) is 0 Å². The van der Waals surface area contributed by atoms with Crippen molar-refractivity contribution in [3.63, 3.8) is 0 Å². The summed E-state index contributed by atoms with van der Waals surface area (Å²) in [5, 5.41) is 3.86. The molecule has 1 atom stereocenters. The maximum absolute atomic E-state index is 12.1. The van der Waals surface area contributed by atoms with Gasteiger partial charge in [0.15, 0.2) is 6.10 Å². The molecule has 2 rings (SSSR count). The minimum absolute atomic E-state index is 0.390. The number of ether oxygens (including phenoxy) is 1. The van der Waals surface area contributed by atoms with Crippen LogP contribution in [-0.2, 0) is 11.2 Å². The Balaban J connectivity index is 1.92. The van der Waals surface area contributed by atoms with Gasteiger partial charge in [-0.3, -0.25) is 20.4 Å². The van der Waals surface area contributed by atoms with Crippen molar-refractivity contribution in [2.75, 3.05) is 0 Å². The molecule has 2 N–H and O–H groups in total. The molecule has 1 aromatic carbocycles. The quantitative estimate of drug-likeness (QED) is 0.806. The Morgan fingerprint density at radius 3 is 2.75 bits per heavy atom. The van der Waals surface area contributed by atoms with E-state index in [1.165, 1.54) is 0 Å².